The van der Waals surface area contributed by atoms with Gasteiger partial charge in [-0.15, -0.1) is 5.10 Å². The van der Waals surface area contributed by atoms with E-state index in [1.165, 1.54) is 0 Å². The first-order valence-corrected chi connectivity index (χ1v) is 3.90. The zero-order valence-corrected chi connectivity index (χ0v) is 6.91. The molecule has 5 nitrogen and oxygen atoms in total. The Bertz CT molecular complexity index is 342. The number of hydrogen-bond acceptors (Lipinski definition) is 4. The molecule has 0 aliphatic rings. The fourth-order valence-electron chi connectivity index (χ4n) is 0.925. The van der Waals surface area contributed by atoms with Gasteiger partial charge in [0.1, 0.15) is 5.82 Å². The highest BCUT2D eigenvalue weighted by Gasteiger charge is 1.96. The Kier molecular flexibility index (Phi) is 2.26. The molecule has 0 aliphatic carbocycles. The molecule has 0 aliphatic heterocycles. The van der Waals surface area contributed by atoms with E-state index in [-0.39, 0.29) is 0 Å². The van der Waals surface area contributed by atoms with Gasteiger partial charge in [0.2, 0.25) is 0 Å². The van der Waals surface area contributed by atoms with Crippen LogP contribution in [-0.2, 0) is 6.42 Å². The lowest BCUT2D eigenvalue weighted by atomic mass is 10.4. The zero-order valence-electron chi connectivity index (χ0n) is 6.91. The number of aromatic nitrogens is 5. The smallest absolute Gasteiger partial charge is 0.130 e. The van der Waals surface area contributed by atoms with Crippen LogP contribution in [-0.4, -0.2) is 25.0 Å². The third-order valence-electron chi connectivity index (χ3n) is 1.52. The van der Waals surface area contributed by atoms with Gasteiger partial charge in [0.25, 0.3) is 0 Å². The van der Waals surface area contributed by atoms with Gasteiger partial charge in [0.15, 0.2) is 0 Å². The summed E-state index contributed by atoms with van der Waals surface area (Å²) in [4.78, 5) is 8.15. The molecule has 0 spiro atoms. The van der Waals surface area contributed by atoms with Crippen LogP contribution < -0.4 is 0 Å². The van der Waals surface area contributed by atoms with Crippen molar-refractivity contribution in [2.45, 2.75) is 6.42 Å². The lowest BCUT2D eigenvalue weighted by Gasteiger charge is -1.97. The molecule has 0 saturated carbocycles. The fourth-order valence-corrected chi connectivity index (χ4v) is 0.925. The standard InChI is InChI=1S/C8H8N5/c1-3-9-8(10-4-1)2-6-13-7-5-11-12-13/h1,3-7H,2H2. The van der Waals surface area contributed by atoms with Crippen molar-refractivity contribution in [1.82, 2.24) is 25.0 Å². The molecule has 0 saturated heterocycles. The van der Waals surface area contributed by atoms with Crippen LogP contribution in [0, 0.1) is 6.54 Å². The van der Waals surface area contributed by atoms with Crippen LogP contribution in [0.15, 0.2) is 30.9 Å². The highest BCUT2D eigenvalue weighted by Crippen LogP contribution is 1.93. The Morgan fingerprint density at radius 3 is 2.77 bits per heavy atom. The van der Waals surface area contributed by atoms with Crippen LogP contribution in [0.1, 0.15) is 5.82 Å². The Morgan fingerprint density at radius 1 is 1.23 bits per heavy atom. The van der Waals surface area contributed by atoms with Gasteiger partial charge < -0.3 is 0 Å². The monoisotopic (exact) mass is 174 g/mol. The topological polar surface area (TPSA) is 56.5 Å². The van der Waals surface area contributed by atoms with Gasteiger partial charge in [-0.1, -0.05) is 5.21 Å². The lowest BCUT2D eigenvalue weighted by molar-refractivity contribution is 0.712. The zero-order chi connectivity index (χ0) is 8.93. The van der Waals surface area contributed by atoms with Crippen molar-refractivity contribution < 1.29 is 0 Å². The molecule has 0 N–H and O–H groups in total. The molecular weight excluding hydrogens is 166 g/mol. The molecule has 0 aromatic carbocycles. The molecule has 2 heterocycles. The molecular formula is C8H8N5. The summed E-state index contributed by atoms with van der Waals surface area (Å²) in [7, 11) is 0. The minimum atomic E-state index is 0.657. The first-order valence-electron chi connectivity index (χ1n) is 3.90. The summed E-state index contributed by atoms with van der Waals surface area (Å²) < 4.78 is 1.64. The van der Waals surface area contributed by atoms with Gasteiger partial charge in [0.05, 0.1) is 12.7 Å². The van der Waals surface area contributed by atoms with Gasteiger partial charge in [-0.05, 0) is 6.07 Å². The molecule has 0 fully saturated rings. The average molecular weight is 174 g/mol. The number of hydrogen-bond donors (Lipinski definition) is 0. The summed E-state index contributed by atoms with van der Waals surface area (Å²) in [6.45, 7) is 1.86. The first-order chi connectivity index (χ1) is 6.45. The molecule has 1 radical (unpaired) electrons. The van der Waals surface area contributed by atoms with Gasteiger partial charge in [-0.3, -0.25) is 0 Å². The second kappa shape index (κ2) is 3.75. The highest BCUT2D eigenvalue weighted by atomic mass is 15.4. The maximum absolute atomic E-state index is 4.07. The van der Waals surface area contributed by atoms with Crippen molar-refractivity contribution in [3.63, 3.8) is 0 Å². The van der Waals surface area contributed by atoms with Crippen molar-refractivity contribution in [3.8, 4) is 0 Å². The molecule has 0 unspecified atom stereocenters. The van der Waals surface area contributed by atoms with E-state index in [0.717, 1.165) is 5.82 Å². The van der Waals surface area contributed by atoms with Crippen molar-refractivity contribution in [3.05, 3.63) is 43.2 Å². The highest BCUT2D eigenvalue weighted by molar-refractivity contribution is 4.92. The number of nitrogens with zero attached hydrogens (tertiary/aromatic N) is 5. The summed E-state index contributed by atoms with van der Waals surface area (Å²) in [5.74, 6) is 0.776. The Morgan fingerprint density at radius 2 is 2.08 bits per heavy atom. The Balaban J connectivity index is 1.94. The minimum absolute atomic E-state index is 0.657. The third-order valence-corrected chi connectivity index (χ3v) is 1.52. The molecule has 0 amide bonds. The van der Waals surface area contributed by atoms with E-state index in [1.807, 2.05) is 6.54 Å². The van der Waals surface area contributed by atoms with Gasteiger partial charge >= 0.3 is 0 Å². The van der Waals surface area contributed by atoms with Crippen molar-refractivity contribution in [2.24, 2.45) is 0 Å². The Hall–Kier alpha value is -1.78. The largest absolute Gasteiger partial charge is 0.247 e. The predicted molar refractivity (Wildman–Crippen MR) is 45.5 cm³/mol. The summed E-state index contributed by atoms with van der Waals surface area (Å²) in [6.07, 6.45) is 7.49. The van der Waals surface area contributed by atoms with E-state index in [0.29, 0.717) is 6.42 Å². The van der Waals surface area contributed by atoms with Gasteiger partial charge in [-0.25, -0.2) is 14.6 Å². The van der Waals surface area contributed by atoms with Crippen LogP contribution in [0.4, 0.5) is 0 Å². The molecule has 0 bridgehead atoms. The van der Waals surface area contributed by atoms with Crippen LogP contribution in [0.5, 0.6) is 0 Å². The van der Waals surface area contributed by atoms with E-state index in [2.05, 4.69) is 20.3 Å². The minimum Gasteiger partial charge on any atom is -0.247 e. The molecule has 2 aromatic rings. The summed E-state index contributed by atoms with van der Waals surface area (Å²) >= 11 is 0. The normalized spacial score (nSPS) is 10.2. The van der Waals surface area contributed by atoms with Gasteiger partial charge in [-0.2, -0.15) is 0 Å². The quantitative estimate of drug-likeness (QED) is 0.672. The van der Waals surface area contributed by atoms with E-state index in [1.54, 1.807) is 35.5 Å². The van der Waals surface area contributed by atoms with E-state index in [9.17, 15) is 0 Å². The second-order valence-corrected chi connectivity index (χ2v) is 2.43. The van der Waals surface area contributed by atoms with Crippen molar-refractivity contribution >= 4 is 0 Å². The van der Waals surface area contributed by atoms with Crippen LogP contribution in [0.2, 0.25) is 0 Å². The van der Waals surface area contributed by atoms with Crippen LogP contribution >= 0.6 is 0 Å². The van der Waals surface area contributed by atoms with E-state index in [4.69, 9.17) is 0 Å². The third kappa shape index (κ3) is 2.08. The molecule has 2 aromatic heterocycles. The Labute approximate surface area is 75.5 Å². The summed E-state index contributed by atoms with van der Waals surface area (Å²) in [5.41, 5.74) is 0. The second-order valence-electron chi connectivity index (χ2n) is 2.43. The van der Waals surface area contributed by atoms with Crippen molar-refractivity contribution in [2.75, 3.05) is 0 Å². The SMILES string of the molecule is [CH](Cc1ncccn1)n1ccnn1. The summed E-state index contributed by atoms with van der Waals surface area (Å²) in [5, 5.41) is 7.46. The van der Waals surface area contributed by atoms with Crippen molar-refractivity contribution in [1.29, 1.82) is 0 Å². The maximum Gasteiger partial charge on any atom is 0.130 e. The number of rotatable bonds is 3. The van der Waals surface area contributed by atoms with Crippen LogP contribution in [0.25, 0.3) is 0 Å². The average Bonchev–Trinajstić information content (AvgIpc) is 2.69. The predicted octanol–water partition coefficient (Wildman–Crippen LogP) is 0.321. The molecule has 2 rings (SSSR count). The summed E-state index contributed by atoms with van der Waals surface area (Å²) in [6, 6.07) is 1.79. The lowest BCUT2D eigenvalue weighted by Crippen LogP contribution is -2.02. The fraction of sp³-hybridized carbons (Fsp3) is 0.125. The molecule has 13 heavy (non-hydrogen) atoms. The molecule has 5 heteroatoms. The first kappa shape index (κ1) is 7.85. The molecule has 65 valence electrons. The van der Waals surface area contributed by atoms with E-state index < -0.39 is 0 Å². The van der Waals surface area contributed by atoms with E-state index >= 15 is 0 Å². The molecule has 0 atom stereocenters. The maximum atomic E-state index is 4.07. The van der Waals surface area contributed by atoms with Gasteiger partial charge in [0, 0.05) is 25.0 Å². The van der Waals surface area contributed by atoms with Crippen LogP contribution in [0.3, 0.4) is 0 Å².